The number of aromatic nitrogens is 2. The van der Waals surface area contributed by atoms with Gasteiger partial charge < -0.3 is 10.1 Å². The molecule has 0 saturated carbocycles. The molecule has 4 heteroatoms. The summed E-state index contributed by atoms with van der Waals surface area (Å²) in [5.41, 5.74) is 2.46. The molecule has 1 aromatic heterocycles. The molecule has 0 aliphatic carbocycles. The highest BCUT2D eigenvalue weighted by molar-refractivity contribution is 5.16. The fourth-order valence-electron chi connectivity index (χ4n) is 1.57. The van der Waals surface area contributed by atoms with Crippen LogP contribution in [0.2, 0.25) is 0 Å². The third kappa shape index (κ3) is 4.59. The smallest absolute Gasteiger partial charge is 0.0587 e. The number of nitrogens with one attached hydrogen (secondary N) is 1. The maximum Gasteiger partial charge on any atom is 0.0587 e. The SMILES string of the molecule is CC#CCCn1ncc(CNCCOC)c1C. The predicted octanol–water partition coefficient (Wildman–Crippen LogP) is 1.34. The zero-order valence-electron chi connectivity index (χ0n) is 10.9. The van der Waals surface area contributed by atoms with Gasteiger partial charge in [-0.2, -0.15) is 5.10 Å². The second-order valence-corrected chi connectivity index (χ2v) is 3.82. The number of rotatable bonds is 7. The van der Waals surface area contributed by atoms with Gasteiger partial charge in [0.15, 0.2) is 0 Å². The Labute approximate surface area is 103 Å². The quantitative estimate of drug-likeness (QED) is 0.572. The molecule has 0 spiro atoms. The highest BCUT2D eigenvalue weighted by Gasteiger charge is 2.04. The Kier molecular flexibility index (Phi) is 6.38. The number of methoxy groups -OCH3 is 1. The van der Waals surface area contributed by atoms with Crippen molar-refractivity contribution >= 4 is 0 Å². The van der Waals surface area contributed by atoms with Crippen LogP contribution in [-0.2, 0) is 17.8 Å². The number of hydrogen-bond acceptors (Lipinski definition) is 3. The maximum atomic E-state index is 4.98. The van der Waals surface area contributed by atoms with E-state index in [1.165, 1.54) is 11.3 Å². The van der Waals surface area contributed by atoms with Gasteiger partial charge in [-0.25, -0.2) is 0 Å². The summed E-state index contributed by atoms with van der Waals surface area (Å²) >= 11 is 0. The topological polar surface area (TPSA) is 39.1 Å². The Morgan fingerprint density at radius 2 is 2.35 bits per heavy atom. The molecule has 0 aliphatic heterocycles. The van der Waals surface area contributed by atoms with Gasteiger partial charge in [-0.1, -0.05) is 0 Å². The number of ether oxygens (including phenoxy) is 1. The summed E-state index contributed by atoms with van der Waals surface area (Å²) in [6.07, 6.45) is 2.78. The lowest BCUT2D eigenvalue weighted by Crippen LogP contribution is -2.18. The van der Waals surface area contributed by atoms with Crippen LogP contribution in [0.5, 0.6) is 0 Å². The van der Waals surface area contributed by atoms with Crippen molar-refractivity contribution < 1.29 is 4.74 Å². The Balaban J connectivity index is 2.42. The van der Waals surface area contributed by atoms with Crippen molar-refractivity contribution in [3.63, 3.8) is 0 Å². The molecular formula is C13H21N3O. The Bertz CT molecular complexity index is 387. The van der Waals surface area contributed by atoms with E-state index in [0.29, 0.717) is 0 Å². The second-order valence-electron chi connectivity index (χ2n) is 3.82. The fourth-order valence-corrected chi connectivity index (χ4v) is 1.57. The lowest BCUT2D eigenvalue weighted by atomic mass is 10.2. The first-order valence-corrected chi connectivity index (χ1v) is 5.90. The average Bonchev–Trinajstić information content (AvgIpc) is 2.67. The summed E-state index contributed by atoms with van der Waals surface area (Å²) < 4.78 is 6.99. The van der Waals surface area contributed by atoms with Gasteiger partial charge in [-0.3, -0.25) is 4.68 Å². The van der Waals surface area contributed by atoms with E-state index in [1.54, 1.807) is 7.11 Å². The van der Waals surface area contributed by atoms with Crippen molar-refractivity contribution in [2.75, 3.05) is 20.3 Å². The van der Waals surface area contributed by atoms with E-state index in [0.717, 1.165) is 32.7 Å². The standard InChI is InChI=1S/C13H21N3O/c1-4-5-6-8-16-12(2)13(11-15-16)10-14-7-9-17-3/h11,14H,6-10H2,1-3H3. The van der Waals surface area contributed by atoms with Crippen molar-refractivity contribution in [1.82, 2.24) is 15.1 Å². The van der Waals surface area contributed by atoms with Crippen LogP contribution >= 0.6 is 0 Å². The number of hydrogen-bond donors (Lipinski definition) is 1. The Hall–Kier alpha value is -1.31. The van der Waals surface area contributed by atoms with Crippen LogP contribution in [0.4, 0.5) is 0 Å². The van der Waals surface area contributed by atoms with Gasteiger partial charge in [0.1, 0.15) is 0 Å². The summed E-state index contributed by atoms with van der Waals surface area (Å²) in [5.74, 6) is 5.95. The van der Waals surface area contributed by atoms with E-state index in [4.69, 9.17) is 4.74 Å². The van der Waals surface area contributed by atoms with E-state index in [1.807, 2.05) is 17.8 Å². The summed E-state index contributed by atoms with van der Waals surface area (Å²) in [6.45, 7) is 7.27. The summed E-state index contributed by atoms with van der Waals surface area (Å²) in [4.78, 5) is 0. The van der Waals surface area contributed by atoms with Gasteiger partial charge >= 0.3 is 0 Å². The first-order chi connectivity index (χ1) is 8.29. The Morgan fingerprint density at radius 1 is 1.53 bits per heavy atom. The minimum Gasteiger partial charge on any atom is -0.383 e. The largest absolute Gasteiger partial charge is 0.383 e. The molecule has 1 N–H and O–H groups in total. The van der Waals surface area contributed by atoms with Gasteiger partial charge in [-0.15, -0.1) is 11.8 Å². The molecule has 0 radical (unpaired) electrons. The minimum atomic E-state index is 0.735. The van der Waals surface area contributed by atoms with E-state index >= 15 is 0 Å². The third-order valence-electron chi connectivity index (χ3n) is 2.63. The van der Waals surface area contributed by atoms with E-state index in [9.17, 15) is 0 Å². The first-order valence-electron chi connectivity index (χ1n) is 5.90. The van der Waals surface area contributed by atoms with Crippen LogP contribution in [-0.4, -0.2) is 30.0 Å². The molecule has 0 saturated heterocycles. The van der Waals surface area contributed by atoms with Crippen molar-refractivity contribution in [3.05, 3.63) is 17.5 Å². The molecule has 0 fully saturated rings. The molecule has 0 unspecified atom stereocenters. The molecule has 1 heterocycles. The molecule has 17 heavy (non-hydrogen) atoms. The van der Waals surface area contributed by atoms with Crippen molar-refractivity contribution in [2.45, 2.75) is 33.4 Å². The minimum absolute atomic E-state index is 0.735. The summed E-state index contributed by atoms with van der Waals surface area (Å²) in [7, 11) is 1.71. The molecule has 1 aromatic rings. The van der Waals surface area contributed by atoms with E-state index < -0.39 is 0 Å². The van der Waals surface area contributed by atoms with Crippen molar-refractivity contribution in [2.24, 2.45) is 0 Å². The maximum absolute atomic E-state index is 4.98. The van der Waals surface area contributed by atoms with Crippen molar-refractivity contribution in [3.8, 4) is 11.8 Å². The monoisotopic (exact) mass is 235 g/mol. The summed E-state index contributed by atoms with van der Waals surface area (Å²) in [5, 5.41) is 7.68. The Morgan fingerprint density at radius 3 is 3.06 bits per heavy atom. The van der Waals surface area contributed by atoms with Crippen LogP contribution in [0.15, 0.2) is 6.20 Å². The highest BCUT2D eigenvalue weighted by Crippen LogP contribution is 2.07. The average molecular weight is 235 g/mol. The van der Waals surface area contributed by atoms with Crippen LogP contribution < -0.4 is 5.32 Å². The van der Waals surface area contributed by atoms with E-state index in [-0.39, 0.29) is 0 Å². The number of nitrogens with zero attached hydrogens (tertiary/aromatic N) is 2. The third-order valence-corrected chi connectivity index (χ3v) is 2.63. The van der Waals surface area contributed by atoms with Gasteiger partial charge in [0.2, 0.25) is 0 Å². The zero-order chi connectivity index (χ0) is 12.5. The van der Waals surface area contributed by atoms with Crippen LogP contribution in [0.3, 0.4) is 0 Å². The second kappa shape index (κ2) is 7.88. The van der Waals surface area contributed by atoms with Gasteiger partial charge in [0.05, 0.1) is 19.3 Å². The molecular weight excluding hydrogens is 214 g/mol. The highest BCUT2D eigenvalue weighted by atomic mass is 16.5. The molecule has 4 nitrogen and oxygen atoms in total. The van der Waals surface area contributed by atoms with E-state index in [2.05, 4.69) is 29.2 Å². The lowest BCUT2D eigenvalue weighted by molar-refractivity contribution is 0.199. The molecule has 0 atom stereocenters. The number of aryl methyl sites for hydroxylation is 1. The molecule has 94 valence electrons. The van der Waals surface area contributed by atoms with Gasteiger partial charge in [0, 0.05) is 37.9 Å². The molecule has 0 aliphatic rings. The van der Waals surface area contributed by atoms with Crippen molar-refractivity contribution in [1.29, 1.82) is 0 Å². The normalized spacial score (nSPS) is 10.1. The molecule has 1 rings (SSSR count). The molecule has 0 bridgehead atoms. The lowest BCUT2D eigenvalue weighted by Gasteiger charge is -2.05. The molecule has 0 amide bonds. The van der Waals surface area contributed by atoms with Crippen LogP contribution in [0.25, 0.3) is 0 Å². The van der Waals surface area contributed by atoms with Gasteiger partial charge in [0.25, 0.3) is 0 Å². The summed E-state index contributed by atoms with van der Waals surface area (Å²) in [6, 6.07) is 0. The fraction of sp³-hybridized carbons (Fsp3) is 0.615. The first kappa shape index (κ1) is 13.8. The molecule has 0 aromatic carbocycles. The zero-order valence-corrected chi connectivity index (χ0v) is 10.9. The van der Waals surface area contributed by atoms with Crippen LogP contribution in [0.1, 0.15) is 24.6 Å². The predicted molar refractivity (Wildman–Crippen MR) is 68.6 cm³/mol. The van der Waals surface area contributed by atoms with Gasteiger partial charge in [-0.05, 0) is 13.8 Å². The van der Waals surface area contributed by atoms with Crippen LogP contribution in [0, 0.1) is 18.8 Å².